The highest BCUT2D eigenvalue weighted by atomic mass is 16.6. The van der Waals surface area contributed by atoms with E-state index in [1.807, 2.05) is 6.92 Å². The molecule has 2 rings (SSSR count). The summed E-state index contributed by atoms with van der Waals surface area (Å²) < 4.78 is 0. The van der Waals surface area contributed by atoms with Crippen molar-refractivity contribution in [3.8, 4) is 0 Å². The molecule has 0 aliphatic carbocycles. The molecule has 0 saturated heterocycles. The van der Waals surface area contributed by atoms with Gasteiger partial charge in [-0.15, -0.1) is 0 Å². The van der Waals surface area contributed by atoms with Crippen LogP contribution in [0.2, 0.25) is 0 Å². The highest BCUT2D eigenvalue weighted by molar-refractivity contribution is 5.67. The lowest BCUT2D eigenvalue weighted by atomic mass is 9.78. The first-order chi connectivity index (χ1) is 10.1. The number of fused-ring (bicyclic) bond motifs is 1. The number of rotatable bonds is 3. The molecule has 1 atom stereocenters. The van der Waals surface area contributed by atoms with Crippen LogP contribution in [0.25, 0.3) is 6.08 Å². The van der Waals surface area contributed by atoms with Crippen LogP contribution in [0.15, 0.2) is 18.3 Å². The molecule has 0 amide bonds. The molecule has 4 heteroatoms. The molecule has 0 spiro atoms. The molecule has 0 fully saturated rings. The average Bonchev–Trinajstić information content (AvgIpc) is 2.34. The number of hydrogen-bond donors (Lipinski definition) is 0. The third-order valence-electron chi connectivity index (χ3n) is 4.56. The second-order valence-corrected chi connectivity index (χ2v) is 7.25. The van der Waals surface area contributed by atoms with E-state index in [9.17, 15) is 10.1 Å². The van der Waals surface area contributed by atoms with E-state index in [2.05, 4.69) is 51.7 Å². The molecule has 0 bridgehead atoms. The van der Waals surface area contributed by atoms with Crippen molar-refractivity contribution >= 4 is 11.8 Å². The van der Waals surface area contributed by atoms with Crippen LogP contribution in [0.3, 0.4) is 0 Å². The maximum atomic E-state index is 10.6. The standard InChI is InChI=1S/C18H26N2O2/c1-12(2)20-17-9-13(3)15(7-8-19(21)22)10-16(17)14(4)11-18(20,5)6/h7-10,12,14H,11H2,1-6H3/b8-7-/t14-/m0/s1. The molecule has 4 nitrogen and oxygen atoms in total. The fourth-order valence-electron chi connectivity index (χ4n) is 3.91. The van der Waals surface area contributed by atoms with Crippen LogP contribution < -0.4 is 4.90 Å². The number of nitrogens with zero attached hydrogens (tertiary/aromatic N) is 2. The first-order valence-corrected chi connectivity index (χ1v) is 7.89. The van der Waals surface area contributed by atoms with Crippen molar-refractivity contribution in [3.63, 3.8) is 0 Å². The summed E-state index contributed by atoms with van der Waals surface area (Å²) >= 11 is 0. The van der Waals surface area contributed by atoms with Crippen LogP contribution in [0.1, 0.15) is 63.6 Å². The maximum Gasteiger partial charge on any atom is 0.235 e. The van der Waals surface area contributed by atoms with Crippen LogP contribution in [-0.4, -0.2) is 16.5 Å². The highest BCUT2D eigenvalue weighted by Crippen LogP contribution is 2.45. The van der Waals surface area contributed by atoms with E-state index >= 15 is 0 Å². The largest absolute Gasteiger partial charge is 0.364 e. The predicted molar refractivity (Wildman–Crippen MR) is 91.9 cm³/mol. The van der Waals surface area contributed by atoms with Crippen LogP contribution in [-0.2, 0) is 0 Å². The van der Waals surface area contributed by atoms with E-state index in [0.29, 0.717) is 12.0 Å². The maximum absolute atomic E-state index is 10.6. The van der Waals surface area contributed by atoms with Crippen LogP contribution in [0.5, 0.6) is 0 Å². The Morgan fingerprint density at radius 2 is 2.05 bits per heavy atom. The first kappa shape index (κ1) is 16.5. The predicted octanol–water partition coefficient (Wildman–Crippen LogP) is 4.74. The minimum atomic E-state index is -0.411. The third-order valence-corrected chi connectivity index (χ3v) is 4.56. The molecule has 0 aromatic heterocycles. The summed E-state index contributed by atoms with van der Waals surface area (Å²) in [6.45, 7) is 13.3. The fourth-order valence-corrected chi connectivity index (χ4v) is 3.91. The summed E-state index contributed by atoms with van der Waals surface area (Å²) in [5.74, 6) is 0.448. The van der Waals surface area contributed by atoms with E-state index in [-0.39, 0.29) is 5.54 Å². The van der Waals surface area contributed by atoms with Crippen molar-refractivity contribution in [3.05, 3.63) is 45.1 Å². The second kappa shape index (κ2) is 5.75. The van der Waals surface area contributed by atoms with Crippen molar-refractivity contribution < 1.29 is 4.92 Å². The highest BCUT2D eigenvalue weighted by Gasteiger charge is 2.37. The van der Waals surface area contributed by atoms with Crippen LogP contribution in [0.4, 0.5) is 5.69 Å². The summed E-state index contributed by atoms with van der Waals surface area (Å²) in [4.78, 5) is 12.6. The van der Waals surface area contributed by atoms with Gasteiger partial charge in [0.25, 0.3) is 0 Å². The van der Waals surface area contributed by atoms with Gasteiger partial charge in [0.05, 0.1) is 4.92 Å². The molecular formula is C18H26N2O2. The smallest absolute Gasteiger partial charge is 0.235 e. The molecular weight excluding hydrogens is 276 g/mol. The van der Waals surface area contributed by atoms with Gasteiger partial charge in [0.2, 0.25) is 6.20 Å². The molecule has 22 heavy (non-hydrogen) atoms. The Bertz CT molecular complexity index is 618. The van der Waals surface area contributed by atoms with Gasteiger partial charge in [0.1, 0.15) is 0 Å². The van der Waals surface area contributed by atoms with E-state index in [4.69, 9.17) is 0 Å². The molecule has 1 aliphatic rings. The van der Waals surface area contributed by atoms with Crippen molar-refractivity contribution in [1.29, 1.82) is 0 Å². The number of anilines is 1. The summed E-state index contributed by atoms with van der Waals surface area (Å²) in [7, 11) is 0. The van der Waals surface area contributed by atoms with Crippen LogP contribution in [0, 0.1) is 17.0 Å². The molecule has 1 heterocycles. The topological polar surface area (TPSA) is 46.4 Å². The van der Waals surface area contributed by atoms with Crippen LogP contribution >= 0.6 is 0 Å². The SMILES string of the molecule is Cc1cc2c(cc1/C=C\[N+](=O)[O-])[C@@H](C)CC(C)(C)N2C(C)C. The monoisotopic (exact) mass is 302 g/mol. The van der Waals surface area contributed by atoms with Gasteiger partial charge in [-0.25, -0.2) is 0 Å². The summed E-state index contributed by atoms with van der Waals surface area (Å²) in [6, 6.07) is 4.73. The molecule has 1 aromatic rings. The minimum absolute atomic E-state index is 0.116. The number of nitro groups is 1. The fraction of sp³-hybridized carbons (Fsp3) is 0.556. The molecule has 0 radical (unpaired) electrons. The Morgan fingerprint density at radius 3 is 2.59 bits per heavy atom. The van der Waals surface area contributed by atoms with Gasteiger partial charge in [-0.1, -0.05) is 6.92 Å². The minimum Gasteiger partial charge on any atom is -0.364 e. The van der Waals surface area contributed by atoms with Gasteiger partial charge in [-0.3, -0.25) is 10.1 Å². The van der Waals surface area contributed by atoms with Crippen molar-refractivity contribution in [1.82, 2.24) is 0 Å². The Hall–Kier alpha value is -1.84. The molecule has 0 unspecified atom stereocenters. The number of hydrogen-bond acceptors (Lipinski definition) is 3. The van der Waals surface area contributed by atoms with Crippen molar-refractivity contribution in [2.75, 3.05) is 4.90 Å². The second-order valence-electron chi connectivity index (χ2n) is 7.25. The van der Waals surface area contributed by atoms with Crippen molar-refractivity contribution in [2.24, 2.45) is 0 Å². The first-order valence-electron chi connectivity index (χ1n) is 7.89. The Morgan fingerprint density at radius 1 is 1.41 bits per heavy atom. The zero-order chi connectivity index (χ0) is 16.7. The van der Waals surface area contributed by atoms with E-state index in [0.717, 1.165) is 23.7 Å². The van der Waals surface area contributed by atoms with Gasteiger partial charge in [0.15, 0.2) is 0 Å². The lowest BCUT2D eigenvalue weighted by molar-refractivity contribution is -0.400. The molecule has 1 aliphatic heterocycles. The van der Waals surface area contributed by atoms with E-state index < -0.39 is 4.92 Å². The lowest BCUT2D eigenvalue weighted by Crippen LogP contribution is -2.51. The summed E-state index contributed by atoms with van der Waals surface area (Å²) in [5, 5.41) is 10.6. The summed E-state index contributed by atoms with van der Waals surface area (Å²) in [5.41, 5.74) is 4.69. The van der Waals surface area contributed by atoms with Gasteiger partial charge < -0.3 is 4.90 Å². The van der Waals surface area contributed by atoms with Crippen molar-refractivity contribution in [2.45, 2.75) is 65.5 Å². The molecule has 0 N–H and O–H groups in total. The Balaban J connectivity index is 2.58. The van der Waals surface area contributed by atoms with Gasteiger partial charge in [-0.2, -0.15) is 0 Å². The van der Waals surface area contributed by atoms with Gasteiger partial charge in [-0.05, 0) is 75.8 Å². The normalized spacial score (nSPS) is 20.5. The quantitative estimate of drug-likeness (QED) is 0.598. The zero-order valence-electron chi connectivity index (χ0n) is 14.4. The van der Waals surface area contributed by atoms with Gasteiger partial charge in [0, 0.05) is 23.3 Å². The Kier molecular flexibility index (Phi) is 4.32. The number of benzene rings is 1. The zero-order valence-corrected chi connectivity index (χ0v) is 14.4. The molecule has 120 valence electrons. The van der Waals surface area contributed by atoms with Gasteiger partial charge >= 0.3 is 0 Å². The lowest BCUT2D eigenvalue weighted by Gasteiger charge is -2.50. The number of aryl methyl sites for hydroxylation is 1. The third kappa shape index (κ3) is 3.01. The van der Waals surface area contributed by atoms with E-state index in [1.54, 1.807) is 6.08 Å². The summed E-state index contributed by atoms with van der Waals surface area (Å²) in [6.07, 6.45) is 3.70. The Labute approximate surface area is 133 Å². The molecule has 1 aromatic carbocycles. The van der Waals surface area contributed by atoms with E-state index in [1.165, 1.54) is 11.3 Å². The molecule has 0 saturated carbocycles. The average molecular weight is 302 g/mol.